The third-order valence-corrected chi connectivity index (χ3v) is 4.04. The van der Waals surface area contributed by atoms with E-state index in [0.29, 0.717) is 37.1 Å². The maximum Gasteiger partial charge on any atom is 0.256 e. The van der Waals surface area contributed by atoms with E-state index in [1.54, 1.807) is 15.9 Å². The molecule has 0 atom stereocenters. The quantitative estimate of drug-likeness (QED) is 0.835. The molecule has 0 N–H and O–H groups in total. The van der Waals surface area contributed by atoms with Gasteiger partial charge in [-0.2, -0.15) is 0 Å². The van der Waals surface area contributed by atoms with Gasteiger partial charge in [0.05, 0.1) is 5.56 Å². The molecule has 0 spiro atoms. The molecule has 2 rings (SSSR count). The lowest BCUT2D eigenvalue weighted by atomic mass is 10.1. The van der Waals surface area contributed by atoms with Crippen LogP contribution in [0.15, 0.2) is 22.7 Å². The number of halogens is 2. The van der Waals surface area contributed by atoms with Gasteiger partial charge in [-0.3, -0.25) is 9.59 Å². The van der Waals surface area contributed by atoms with Gasteiger partial charge in [-0.1, -0.05) is 22.9 Å². The van der Waals surface area contributed by atoms with Crippen LogP contribution in [0.1, 0.15) is 30.1 Å². The van der Waals surface area contributed by atoms with Crippen molar-refractivity contribution in [2.24, 2.45) is 0 Å². The Morgan fingerprint density at radius 3 is 2.43 bits per heavy atom. The summed E-state index contributed by atoms with van der Waals surface area (Å²) in [5.74, 6) is -0.720. The van der Waals surface area contributed by atoms with Crippen molar-refractivity contribution in [1.82, 2.24) is 9.80 Å². The zero-order valence-electron chi connectivity index (χ0n) is 11.9. The zero-order valence-corrected chi connectivity index (χ0v) is 13.5. The predicted octanol–water partition coefficient (Wildman–Crippen LogP) is 2.67. The average Bonchev–Trinajstić information content (AvgIpc) is 2.49. The number of carbonyl (C=O) groups excluding carboxylic acids is 2. The number of benzene rings is 1. The molecule has 4 nitrogen and oxygen atoms in total. The molecule has 1 saturated heterocycles. The number of piperazine rings is 1. The molecule has 6 heteroatoms. The lowest BCUT2D eigenvalue weighted by molar-refractivity contribution is -0.132. The van der Waals surface area contributed by atoms with Crippen LogP contribution in [-0.4, -0.2) is 47.8 Å². The lowest BCUT2D eigenvalue weighted by Gasteiger charge is -2.35. The number of nitrogens with zero attached hydrogens (tertiary/aromatic N) is 2. The second-order valence-electron chi connectivity index (χ2n) is 5.05. The number of hydrogen-bond acceptors (Lipinski definition) is 2. The SMILES string of the molecule is CCCC(=O)N1CCN(C(=O)c2cc(Br)ccc2F)CC1. The van der Waals surface area contributed by atoms with Crippen LogP contribution in [0.25, 0.3) is 0 Å². The molecule has 0 unspecified atom stereocenters. The number of hydrogen-bond donors (Lipinski definition) is 0. The molecule has 2 amide bonds. The van der Waals surface area contributed by atoms with E-state index in [2.05, 4.69) is 15.9 Å². The summed E-state index contributed by atoms with van der Waals surface area (Å²) in [6, 6.07) is 4.33. The molecule has 1 aliphatic rings. The third kappa shape index (κ3) is 3.81. The Hall–Kier alpha value is -1.43. The molecule has 1 fully saturated rings. The maximum absolute atomic E-state index is 13.7. The summed E-state index contributed by atoms with van der Waals surface area (Å²) in [6.07, 6.45) is 1.36. The molecular weight excluding hydrogens is 339 g/mol. The molecule has 1 aromatic rings. The molecular formula is C15H18BrFN2O2. The highest BCUT2D eigenvalue weighted by atomic mass is 79.9. The molecule has 0 bridgehead atoms. The maximum atomic E-state index is 13.7. The van der Waals surface area contributed by atoms with E-state index >= 15 is 0 Å². The van der Waals surface area contributed by atoms with E-state index in [1.165, 1.54) is 12.1 Å². The Morgan fingerprint density at radius 1 is 1.19 bits per heavy atom. The first-order valence-electron chi connectivity index (χ1n) is 7.05. The monoisotopic (exact) mass is 356 g/mol. The minimum absolute atomic E-state index is 0.0673. The number of carbonyl (C=O) groups is 2. The Labute approximate surface area is 132 Å². The fourth-order valence-corrected chi connectivity index (χ4v) is 2.72. The molecule has 1 heterocycles. The summed E-state index contributed by atoms with van der Waals surface area (Å²) in [5, 5.41) is 0. The van der Waals surface area contributed by atoms with Crippen molar-refractivity contribution in [3.05, 3.63) is 34.1 Å². The van der Waals surface area contributed by atoms with Crippen LogP contribution >= 0.6 is 15.9 Å². The van der Waals surface area contributed by atoms with E-state index in [4.69, 9.17) is 0 Å². The molecule has 114 valence electrons. The lowest BCUT2D eigenvalue weighted by Crippen LogP contribution is -2.50. The van der Waals surface area contributed by atoms with Gasteiger partial charge in [-0.05, 0) is 24.6 Å². The average molecular weight is 357 g/mol. The molecule has 0 saturated carbocycles. The van der Waals surface area contributed by atoms with Crippen LogP contribution in [0.3, 0.4) is 0 Å². The Kier molecular flexibility index (Phi) is 5.33. The van der Waals surface area contributed by atoms with Crippen molar-refractivity contribution in [2.45, 2.75) is 19.8 Å². The van der Waals surface area contributed by atoms with E-state index in [0.717, 1.165) is 6.42 Å². The summed E-state index contributed by atoms with van der Waals surface area (Å²) >= 11 is 3.24. The van der Waals surface area contributed by atoms with Crippen LogP contribution < -0.4 is 0 Å². The highest BCUT2D eigenvalue weighted by Crippen LogP contribution is 2.18. The van der Waals surface area contributed by atoms with Gasteiger partial charge in [0.25, 0.3) is 5.91 Å². The van der Waals surface area contributed by atoms with Crippen LogP contribution in [0, 0.1) is 5.82 Å². The van der Waals surface area contributed by atoms with Crippen molar-refractivity contribution < 1.29 is 14.0 Å². The first-order chi connectivity index (χ1) is 10.0. The van der Waals surface area contributed by atoms with Crippen molar-refractivity contribution >= 4 is 27.7 Å². The first kappa shape index (κ1) is 15.9. The van der Waals surface area contributed by atoms with Gasteiger partial charge in [-0.15, -0.1) is 0 Å². The molecule has 21 heavy (non-hydrogen) atoms. The molecule has 0 radical (unpaired) electrons. The summed E-state index contributed by atoms with van der Waals surface area (Å²) in [6.45, 7) is 3.88. The molecule has 1 aromatic carbocycles. The van der Waals surface area contributed by atoms with Gasteiger partial charge in [0.1, 0.15) is 5.82 Å². The van der Waals surface area contributed by atoms with Crippen LogP contribution in [0.2, 0.25) is 0 Å². The van der Waals surface area contributed by atoms with Gasteiger partial charge < -0.3 is 9.80 Å². The smallest absolute Gasteiger partial charge is 0.256 e. The zero-order chi connectivity index (χ0) is 15.4. The van der Waals surface area contributed by atoms with Crippen molar-refractivity contribution in [3.8, 4) is 0 Å². The predicted molar refractivity (Wildman–Crippen MR) is 81.5 cm³/mol. The van der Waals surface area contributed by atoms with Gasteiger partial charge in [0.15, 0.2) is 0 Å². The van der Waals surface area contributed by atoms with Crippen LogP contribution in [-0.2, 0) is 4.79 Å². The highest BCUT2D eigenvalue weighted by Gasteiger charge is 2.25. The molecule has 0 aliphatic carbocycles. The Morgan fingerprint density at radius 2 is 1.81 bits per heavy atom. The molecule has 0 aromatic heterocycles. The number of rotatable bonds is 3. The Balaban J connectivity index is 2.00. The van der Waals surface area contributed by atoms with Crippen LogP contribution in [0.5, 0.6) is 0 Å². The molecule has 1 aliphatic heterocycles. The Bertz CT molecular complexity index is 542. The second-order valence-corrected chi connectivity index (χ2v) is 5.96. The minimum atomic E-state index is -0.521. The standard InChI is InChI=1S/C15H18BrFN2O2/c1-2-3-14(20)18-6-8-19(9-7-18)15(21)12-10-11(16)4-5-13(12)17/h4-5,10H,2-3,6-9H2,1H3. The van der Waals surface area contributed by atoms with Gasteiger partial charge >= 0.3 is 0 Å². The van der Waals surface area contributed by atoms with Crippen LogP contribution in [0.4, 0.5) is 4.39 Å². The van der Waals surface area contributed by atoms with E-state index in [1.807, 2.05) is 6.92 Å². The van der Waals surface area contributed by atoms with E-state index in [9.17, 15) is 14.0 Å². The fourth-order valence-electron chi connectivity index (χ4n) is 2.36. The van der Waals surface area contributed by atoms with Crippen molar-refractivity contribution in [2.75, 3.05) is 26.2 Å². The number of amides is 2. The highest BCUT2D eigenvalue weighted by molar-refractivity contribution is 9.10. The van der Waals surface area contributed by atoms with Crippen molar-refractivity contribution in [1.29, 1.82) is 0 Å². The van der Waals surface area contributed by atoms with Gasteiger partial charge in [0, 0.05) is 37.1 Å². The summed E-state index contributed by atoms with van der Waals surface area (Å²) < 4.78 is 14.4. The van der Waals surface area contributed by atoms with E-state index < -0.39 is 5.82 Å². The summed E-state index contributed by atoms with van der Waals surface area (Å²) in [4.78, 5) is 27.5. The normalized spacial score (nSPS) is 15.2. The summed E-state index contributed by atoms with van der Waals surface area (Å²) in [7, 11) is 0. The topological polar surface area (TPSA) is 40.6 Å². The first-order valence-corrected chi connectivity index (χ1v) is 7.84. The summed E-state index contributed by atoms with van der Waals surface area (Å²) in [5.41, 5.74) is 0.0673. The van der Waals surface area contributed by atoms with E-state index in [-0.39, 0.29) is 17.4 Å². The van der Waals surface area contributed by atoms with Crippen molar-refractivity contribution in [3.63, 3.8) is 0 Å². The second kappa shape index (κ2) is 7.02. The fraction of sp³-hybridized carbons (Fsp3) is 0.467. The van der Waals surface area contributed by atoms with Gasteiger partial charge in [-0.25, -0.2) is 4.39 Å². The largest absolute Gasteiger partial charge is 0.339 e. The minimum Gasteiger partial charge on any atom is -0.339 e. The van der Waals surface area contributed by atoms with Gasteiger partial charge in [0.2, 0.25) is 5.91 Å². The third-order valence-electron chi connectivity index (χ3n) is 3.54.